The summed E-state index contributed by atoms with van der Waals surface area (Å²) in [5.74, 6) is 4.71. The molecule has 0 atom stereocenters. The minimum absolute atomic E-state index is 0.385. The number of nitrogens with one attached hydrogen (secondary N) is 2. The quantitative estimate of drug-likeness (QED) is 0.152. The summed E-state index contributed by atoms with van der Waals surface area (Å²) >= 11 is 0. The van der Waals surface area contributed by atoms with Crippen molar-refractivity contribution in [3.8, 4) is 34.7 Å². The van der Waals surface area contributed by atoms with Gasteiger partial charge < -0.3 is 9.97 Å². The summed E-state index contributed by atoms with van der Waals surface area (Å²) < 4.78 is 4.39. The lowest BCUT2D eigenvalue weighted by Crippen LogP contribution is -2.08. The van der Waals surface area contributed by atoms with Crippen LogP contribution >= 0.6 is 0 Å². The fourth-order valence-electron chi connectivity index (χ4n) is 6.37. The summed E-state index contributed by atoms with van der Waals surface area (Å²) in [6, 6.07) is 13.2. The number of rotatable bonds is 11. The first-order chi connectivity index (χ1) is 22.1. The third-order valence-electron chi connectivity index (χ3n) is 8.79. The van der Waals surface area contributed by atoms with Crippen LogP contribution in [-0.4, -0.2) is 39.0 Å². The molecule has 2 aromatic carbocycles. The van der Waals surface area contributed by atoms with Gasteiger partial charge in [0.05, 0.1) is 11.4 Å². The molecule has 4 aromatic heterocycles. The third-order valence-corrected chi connectivity index (χ3v) is 8.79. The van der Waals surface area contributed by atoms with Crippen LogP contribution < -0.4 is 0 Å². The molecule has 8 nitrogen and oxygen atoms in total. The van der Waals surface area contributed by atoms with Crippen molar-refractivity contribution in [2.75, 3.05) is 0 Å². The van der Waals surface area contributed by atoms with E-state index >= 15 is 0 Å². The molecule has 0 aliphatic carbocycles. The number of hydrogen-bond acceptors (Lipinski definition) is 4. The maximum Gasteiger partial charge on any atom is 0.180 e. The Morgan fingerprint density at radius 2 is 0.870 bits per heavy atom. The van der Waals surface area contributed by atoms with Gasteiger partial charge in [-0.25, -0.2) is 19.9 Å². The zero-order chi connectivity index (χ0) is 32.5. The number of H-pyrrole nitrogens is 2. The molecule has 0 saturated carbocycles. The van der Waals surface area contributed by atoms with Gasteiger partial charge in [-0.3, -0.25) is 9.13 Å². The minimum atomic E-state index is 0.385. The fraction of sp³-hybridized carbons (Fsp3) is 0.368. The zero-order valence-electron chi connectivity index (χ0n) is 28.3. The largest absolute Gasteiger partial charge is 0.339 e. The molecule has 6 rings (SSSR count). The Labute approximate surface area is 272 Å². The fourth-order valence-corrected chi connectivity index (χ4v) is 6.37. The van der Waals surface area contributed by atoms with E-state index in [0.717, 1.165) is 47.5 Å². The number of imidazole rings is 4. The molecule has 0 amide bonds. The highest BCUT2D eigenvalue weighted by molar-refractivity contribution is 5.59. The number of para-hydroxylation sites is 2. The molecule has 8 heteroatoms. The summed E-state index contributed by atoms with van der Waals surface area (Å²) in [4.78, 5) is 26.1. The van der Waals surface area contributed by atoms with Crippen LogP contribution in [0, 0.1) is 0 Å². The number of nitrogens with zero attached hydrogens (tertiary/aromatic N) is 6. The normalized spacial score (nSPS) is 12.0. The van der Waals surface area contributed by atoms with E-state index in [-0.39, 0.29) is 0 Å². The SMILES string of the molecule is CC(C)c1cccc(C(C)C)c1-n1ccnc1-c1ncc(CCc2cnc(-c3nccn3-c3c(C(C)C)cccc3C(C)C)[nH]2)[nH]1. The van der Waals surface area contributed by atoms with Gasteiger partial charge in [-0.2, -0.15) is 0 Å². The number of hydrogen-bond donors (Lipinski definition) is 2. The second-order valence-corrected chi connectivity index (χ2v) is 13.4. The van der Waals surface area contributed by atoms with Crippen LogP contribution in [0.5, 0.6) is 0 Å². The van der Waals surface area contributed by atoms with Gasteiger partial charge in [-0.1, -0.05) is 91.8 Å². The smallest absolute Gasteiger partial charge is 0.180 e. The van der Waals surface area contributed by atoms with Crippen molar-refractivity contribution in [1.82, 2.24) is 39.0 Å². The molecule has 0 aliphatic rings. The Bertz CT molecular complexity index is 1730. The molecule has 238 valence electrons. The number of aryl methyl sites for hydroxylation is 2. The van der Waals surface area contributed by atoms with Crippen LogP contribution in [-0.2, 0) is 12.8 Å². The van der Waals surface area contributed by atoms with E-state index in [9.17, 15) is 0 Å². The Hall–Kier alpha value is -4.72. The van der Waals surface area contributed by atoms with Gasteiger partial charge >= 0.3 is 0 Å². The molecule has 2 N–H and O–H groups in total. The predicted octanol–water partition coefficient (Wildman–Crippen LogP) is 9.12. The number of benzene rings is 2. The lowest BCUT2D eigenvalue weighted by molar-refractivity contribution is 0.805. The van der Waals surface area contributed by atoms with Crippen molar-refractivity contribution in [2.24, 2.45) is 0 Å². The van der Waals surface area contributed by atoms with E-state index in [0.29, 0.717) is 23.7 Å². The van der Waals surface area contributed by atoms with Crippen molar-refractivity contribution >= 4 is 0 Å². The molecule has 0 saturated heterocycles. The molecular formula is C38H46N8. The average molecular weight is 615 g/mol. The van der Waals surface area contributed by atoms with E-state index in [2.05, 4.69) is 111 Å². The van der Waals surface area contributed by atoms with Crippen molar-refractivity contribution in [3.63, 3.8) is 0 Å². The third kappa shape index (κ3) is 5.96. The summed E-state index contributed by atoms with van der Waals surface area (Å²) in [6.07, 6.45) is 13.2. The monoisotopic (exact) mass is 614 g/mol. The second-order valence-electron chi connectivity index (χ2n) is 13.4. The van der Waals surface area contributed by atoms with E-state index in [1.54, 1.807) is 0 Å². The average Bonchev–Trinajstić information content (AvgIpc) is 3.85. The van der Waals surface area contributed by atoms with Gasteiger partial charge in [0, 0.05) is 48.6 Å². The first kappa shape index (κ1) is 31.3. The van der Waals surface area contributed by atoms with E-state index in [1.165, 1.54) is 33.6 Å². The van der Waals surface area contributed by atoms with Crippen LogP contribution in [0.25, 0.3) is 34.7 Å². The Kier molecular flexibility index (Phi) is 8.80. The first-order valence-corrected chi connectivity index (χ1v) is 16.6. The summed E-state index contributed by atoms with van der Waals surface area (Å²) in [6.45, 7) is 17.9. The highest BCUT2D eigenvalue weighted by Crippen LogP contribution is 2.35. The summed E-state index contributed by atoms with van der Waals surface area (Å²) in [7, 11) is 0. The van der Waals surface area contributed by atoms with Crippen molar-refractivity contribution < 1.29 is 0 Å². The van der Waals surface area contributed by atoms with Gasteiger partial charge in [-0.05, 0) is 58.8 Å². The standard InChI is InChI=1S/C38H46N8/c1-23(2)29-11-9-12-30(24(3)4)33(29)45-19-17-39-37(45)35-41-21-27(43-35)15-16-28-22-42-36(44-28)38-40-18-20-46(38)34-31(25(5)6)13-10-14-32(34)26(7)8/h9-14,17-26H,15-16H2,1-8H3,(H,41,43)(H,42,44). The molecule has 0 bridgehead atoms. The van der Waals surface area contributed by atoms with Crippen LogP contribution in [0.4, 0.5) is 0 Å². The van der Waals surface area contributed by atoms with Gasteiger partial charge in [0.1, 0.15) is 0 Å². The number of aromatic amines is 2. The Morgan fingerprint density at radius 1 is 0.522 bits per heavy atom. The molecular weight excluding hydrogens is 568 g/mol. The maximum atomic E-state index is 4.76. The molecule has 0 radical (unpaired) electrons. The summed E-state index contributed by atoms with van der Waals surface area (Å²) in [5.41, 5.74) is 9.74. The van der Waals surface area contributed by atoms with Crippen LogP contribution in [0.15, 0.2) is 73.6 Å². The lowest BCUT2D eigenvalue weighted by Gasteiger charge is -2.21. The Morgan fingerprint density at radius 3 is 1.20 bits per heavy atom. The van der Waals surface area contributed by atoms with Crippen molar-refractivity contribution in [2.45, 2.75) is 91.9 Å². The molecule has 0 fully saturated rings. The molecule has 0 aliphatic heterocycles. The molecule has 0 spiro atoms. The summed E-state index contributed by atoms with van der Waals surface area (Å²) in [5, 5.41) is 0. The molecule has 6 aromatic rings. The minimum Gasteiger partial charge on any atom is -0.339 e. The van der Waals surface area contributed by atoms with E-state index in [4.69, 9.17) is 19.9 Å². The number of aromatic nitrogens is 8. The van der Waals surface area contributed by atoms with Gasteiger partial charge in [0.15, 0.2) is 23.3 Å². The molecule has 4 heterocycles. The maximum absolute atomic E-state index is 4.76. The van der Waals surface area contributed by atoms with Crippen LogP contribution in [0.3, 0.4) is 0 Å². The van der Waals surface area contributed by atoms with Gasteiger partial charge in [0.25, 0.3) is 0 Å². The topological polar surface area (TPSA) is 93.0 Å². The van der Waals surface area contributed by atoms with E-state index < -0.39 is 0 Å². The predicted molar refractivity (Wildman–Crippen MR) is 186 cm³/mol. The Balaban J connectivity index is 1.23. The second kappa shape index (κ2) is 12.9. The highest BCUT2D eigenvalue weighted by atomic mass is 15.1. The van der Waals surface area contributed by atoms with Crippen molar-refractivity contribution in [1.29, 1.82) is 0 Å². The van der Waals surface area contributed by atoms with Crippen LogP contribution in [0.2, 0.25) is 0 Å². The lowest BCUT2D eigenvalue weighted by atomic mass is 9.92. The van der Waals surface area contributed by atoms with Crippen molar-refractivity contribution in [3.05, 3.63) is 107 Å². The first-order valence-electron chi connectivity index (χ1n) is 16.6. The molecule has 0 unspecified atom stereocenters. The van der Waals surface area contributed by atoms with Gasteiger partial charge in [-0.15, -0.1) is 0 Å². The van der Waals surface area contributed by atoms with Crippen LogP contribution in [0.1, 0.15) is 113 Å². The zero-order valence-corrected chi connectivity index (χ0v) is 28.3. The highest BCUT2D eigenvalue weighted by Gasteiger charge is 2.21. The molecule has 46 heavy (non-hydrogen) atoms. The van der Waals surface area contributed by atoms with E-state index in [1.807, 2.05) is 37.2 Å². The van der Waals surface area contributed by atoms with Gasteiger partial charge in [0.2, 0.25) is 0 Å².